The SMILES string of the molecule is Cc1ccc(CCCCCNC(C)C)cc1. The summed E-state index contributed by atoms with van der Waals surface area (Å²) in [6.45, 7) is 7.70. The summed E-state index contributed by atoms with van der Waals surface area (Å²) < 4.78 is 0. The van der Waals surface area contributed by atoms with E-state index in [-0.39, 0.29) is 0 Å². The van der Waals surface area contributed by atoms with E-state index in [0.717, 1.165) is 6.54 Å². The summed E-state index contributed by atoms with van der Waals surface area (Å²) in [4.78, 5) is 0. The van der Waals surface area contributed by atoms with Gasteiger partial charge in [0, 0.05) is 6.04 Å². The second-order valence-electron chi connectivity index (χ2n) is 4.91. The molecule has 1 rings (SSSR count). The van der Waals surface area contributed by atoms with Gasteiger partial charge >= 0.3 is 0 Å². The zero-order valence-corrected chi connectivity index (χ0v) is 10.9. The van der Waals surface area contributed by atoms with Gasteiger partial charge in [0.2, 0.25) is 0 Å². The van der Waals surface area contributed by atoms with Crippen LogP contribution in [-0.4, -0.2) is 12.6 Å². The number of unbranched alkanes of at least 4 members (excludes halogenated alkanes) is 2. The summed E-state index contributed by atoms with van der Waals surface area (Å²) in [5, 5.41) is 3.45. The maximum absolute atomic E-state index is 3.45. The van der Waals surface area contributed by atoms with Gasteiger partial charge in [-0.05, 0) is 38.3 Å². The van der Waals surface area contributed by atoms with Crippen LogP contribution in [0.15, 0.2) is 24.3 Å². The molecule has 0 fully saturated rings. The fourth-order valence-electron chi connectivity index (χ4n) is 1.78. The zero-order valence-electron chi connectivity index (χ0n) is 10.9. The van der Waals surface area contributed by atoms with Gasteiger partial charge in [0.05, 0.1) is 0 Å². The van der Waals surface area contributed by atoms with Gasteiger partial charge in [0.1, 0.15) is 0 Å². The van der Waals surface area contributed by atoms with Gasteiger partial charge in [0.15, 0.2) is 0 Å². The van der Waals surface area contributed by atoms with E-state index in [9.17, 15) is 0 Å². The Morgan fingerprint density at radius 2 is 1.69 bits per heavy atom. The molecule has 1 aromatic rings. The molecular formula is C15H25N. The predicted octanol–water partition coefficient (Wildman–Crippen LogP) is 3.71. The third kappa shape index (κ3) is 5.92. The van der Waals surface area contributed by atoms with Crippen molar-refractivity contribution in [1.29, 1.82) is 0 Å². The molecule has 1 N–H and O–H groups in total. The molecule has 0 aliphatic heterocycles. The lowest BCUT2D eigenvalue weighted by Gasteiger charge is -2.07. The van der Waals surface area contributed by atoms with Crippen molar-refractivity contribution >= 4 is 0 Å². The van der Waals surface area contributed by atoms with Crippen LogP contribution in [-0.2, 0) is 6.42 Å². The van der Waals surface area contributed by atoms with Crippen molar-refractivity contribution in [3.63, 3.8) is 0 Å². The molecule has 0 amide bonds. The molecule has 0 aromatic heterocycles. The molecule has 0 saturated carbocycles. The van der Waals surface area contributed by atoms with Crippen LogP contribution in [0.4, 0.5) is 0 Å². The van der Waals surface area contributed by atoms with Crippen LogP contribution in [0.25, 0.3) is 0 Å². The predicted molar refractivity (Wildman–Crippen MR) is 71.9 cm³/mol. The van der Waals surface area contributed by atoms with Crippen molar-refractivity contribution in [2.75, 3.05) is 6.54 Å². The second-order valence-corrected chi connectivity index (χ2v) is 4.91. The van der Waals surface area contributed by atoms with Gasteiger partial charge in [-0.15, -0.1) is 0 Å². The van der Waals surface area contributed by atoms with Crippen molar-refractivity contribution in [2.45, 2.75) is 52.5 Å². The highest BCUT2D eigenvalue weighted by Gasteiger charge is 1.95. The molecule has 16 heavy (non-hydrogen) atoms. The number of aryl methyl sites for hydroxylation is 2. The summed E-state index contributed by atoms with van der Waals surface area (Å²) in [6, 6.07) is 9.53. The first-order valence-electron chi connectivity index (χ1n) is 6.47. The van der Waals surface area contributed by atoms with Gasteiger partial charge < -0.3 is 5.32 Å². The Labute approximate surface area is 100 Å². The van der Waals surface area contributed by atoms with Crippen molar-refractivity contribution in [2.24, 2.45) is 0 Å². The fourth-order valence-corrected chi connectivity index (χ4v) is 1.78. The van der Waals surface area contributed by atoms with Crippen LogP contribution in [0.1, 0.15) is 44.2 Å². The van der Waals surface area contributed by atoms with E-state index >= 15 is 0 Å². The molecule has 0 atom stereocenters. The molecule has 0 spiro atoms. The molecule has 0 unspecified atom stereocenters. The van der Waals surface area contributed by atoms with Crippen LogP contribution >= 0.6 is 0 Å². The molecule has 1 nitrogen and oxygen atoms in total. The molecule has 0 radical (unpaired) electrons. The monoisotopic (exact) mass is 219 g/mol. The van der Waals surface area contributed by atoms with Crippen molar-refractivity contribution in [1.82, 2.24) is 5.32 Å². The maximum Gasteiger partial charge on any atom is 0.00103 e. The highest BCUT2D eigenvalue weighted by atomic mass is 14.9. The molecule has 0 bridgehead atoms. The Morgan fingerprint density at radius 1 is 1.00 bits per heavy atom. The van der Waals surface area contributed by atoms with Crippen molar-refractivity contribution < 1.29 is 0 Å². The first-order chi connectivity index (χ1) is 7.68. The molecule has 0 aliphatic carbocycles. The summed E-state index contributed by atoms with van der Waals surface area (Å²) in [6.07, 6.45) is 5.16. The highest BCUT2D eigenvalue weighted by molar-refractivity contribution is 5.21. The average molecular weight is 219 g/mol. The third-order valence-corrected chi connectivity index (χ3v) is 2.82. The van der Waals surface area contributed by atoms with E-state index < -0.39 is 0 Å². The number of nitrogens with one attached hydrogen (secondary N) is 1. The molecule has 0 heterocycles. The van der Waals surface area contributed by atoms with Gasteiger partial charge in [-0.1, -0.05) is 50.1 Å². The highest BCUT2D eigenvalue weighted by Crippen LogP contribution is 2.08. The van der Waals surface area contributed by atoms with E-state index in [0.29, 0.717) is 6.04 Å². The normalized spacial score (nSPS) is 11.0. The summed E-state index contributed by atoms with van der Waals surface area (Å²) in [5.41, 5.74) is 2.83. The van der Waals surface area contributed by atoms with E-state index in [1.165, 1.54) is 36.8 Å². The lowest BCUT2D eigenvalue weighted by Crippen LogP contribution is -2.23. The largest absolute Gasteiger partial charge is 0.315 e. The lowest BCUT2D eigenvalue weighted by atomic mass is 10.1. The Hall–Kier alpha value is -0.820. The summed E-state index contributed by atoms with van der Waals surface area (Å²) >= 11 is 0. The Bertz CT molecular complexity index is 274. The Kier molecular flexibility index (Phi) is 6.17. The maximum atomic E-state index is 3.45. The molecule has 0 saturated heterocycles. The quantitative estimate of drug-likeness (QED) is 0.689. The number of hydrogen-bond donors (Lipinski definition) is 1. The molecule has 90 valence electrons. The molecule has 0 aliphatic rings. The van der Waals surface area contributed by atoms with Crippen LogP contribution in [0.5, 0.6) is 0 Å². The number of rotatable bonds is 7. The molecule has 1 aromatic carbocycles. The van der Waals surface area contributed by atoms with E-state index in [1.807, 2.05) is 0 Å². The first-order valence-corrected chi connectivity index (χ1v) is 6.47. The lowest BCUT2D eigenvalue weighted by molar-refractivity contribution is 0.548. The summed E-state index contributed by atoms with van der Waals surface area (Å²) in [7, 11) is 0. The van der Waals surface area contributed by atoms with Gasteiger partial charge in [-0.2, -0.15) is 0 Å². The molecule has 1 heteroatoms. The minimum atomic E-state index is 0.622. The Morgan fingerprint density at radius 3 is 2.31 bits per heavy atom. The summed E-state index contributed by atoms with van der Waals surface area (Å²) in [5.74, 6) is 0. The topological polar surface area (TPSA) is 12.0 Å². The van der Waals surface area contributed by atoms with Crippen molar-refractivity contribution in [3.05, 3.63) is 35.4 Å². The van der Waals surface area contributed by atoms with Gasteiger partial charge in [0.25, 0.3) is 0 Å². The van der Waals surface area contributed by atoms with Crippen LogP contribution in [0.2, 0.25) is 0 Å². The van der Waals surface area contributed by atoms with Crippen LogP contribution < -0.4 is 5.32 Å². The fraction of sp³-hybridized carbons (Fsp3) is 0.600. The molecular weight excluding hydrogens is 194 g/mol. The second kappa shape index (κ2) is 7.45. The van der Waals surface area contributed by atoms with Gasteiger partial charge in [-0.25, -0.2) is 0 Å². The third-order valence-electron chi connectivity index (χ3n) is 2.82. The zero-order chi connectivity index (χ0) is 11.8. The van der Waals surface area contributed by atoms with Crippen LogP contribution in [0, 0.1) is 6.92 Å². The van der Waals surface area contributed by atoms with Gasteiger partial charge in [-0.3, -0.25) is 0 Å². The minimum absolute atomic E-state index is 0.622. The van der Waals surface area contributed by atoms with Crippen molar-refractivity contribution in [3.8, 4) is 0 Å². The number of hydrogen-bond acceptors (Lipinski definition) is 1. The average Bonchev–Trinajstić information content (AvgIpc) is 2.25. The van der Waals surface area contributed by atoms with E-state index in [1.54, 1.807) is 0 Å². The standard InChI is InChI=1S/C15H25N/c1-13(2)16-12-6-4-5-7-15-10-8-14(3)9-11-15/h8-11,13,16H,4-7,12H2,1-3H3. The van der Waals surface area contributed by atoms with E-state index in [2.05, 4.69) is 50.4 Å². The Balaban J connectivity index is 2.05. The first kappa shape index (κ1) is 13.2. The minimum Gasteiger partial charge on any atom is -0.315 e. The van der Waals surface area contributed by atoms with Crippen LogP contribution in [0.3, 0.4) is 0 Å². The number of benzene rings is 1. The smallest absolute Gasteiger partial charge is 0.00103 e. The van der Waals surface area contributed by atoms with E-state index in [4.69, 9.17) is 0 Å².